The quantitative estimate of drug-likeness (QED) is 0.735. The third-order valence-corrected chi connectivity index (χ3v) is 4.53. The van der Waals surface area contributed by atoms with Gasteiger partial charge >= 0.3 is 6.18 Å². The van der Waals surface area contributed by atoms with Crippen LogP contribution in [0.3, 0.4) is 0 Å². The number of hydrogen-bond acceptors (Lipinski definition) is 2. The van der Waals surface area contributed by atoms with Gasteiger partial charge in [0, 0.05) is 6.04 Å². The lowest BCUT2D eigenvalue weighted by Crippen LogP contribution is -2.47. The lowest BCUT2D eigenvalue weighted by molar-refractivity contribution is -0.167. The molecular weight excluding hydrogens is 354 g/mol. The number of carbonyl (C=O) groups excluding carboxylic acids is 1. The van der Waals surface area contributed by atoms with Crippen molar-refractivity contribution < 1.29 is 22.7 Å². The molecular formula is C15H16Cl2F3NO2. The van der Waals surface area contributed by atoms with Crippen LogP contribution in [0.4, 0.5) is 13.2 Å². The molecule has 0 N–H and O–H groups in total. The third kappa shape index (κ3) is 5.18. The molecule has 3 nitrogen and oxygen atoms in total. The molecule has 128 valence electrons. The summed E-state index contributed by atoms with van der Waals surface area (Å²) in [7, 11) is 0. The van der Waals surface area contributed by atoms with E-state index in [0.717, 1.165) is 17.7 Å². The summed E-state index contributed by atoms with van der Waals surface area (Å²) in [6.07, 6.45) is -2.78. The van der Waals surface area contributed by atoms with Crippen molar-refractivity contribution in [3.8, 4) is 5.75 Å². The van der Waals surface area contributed by atoms with E-state index in [2.05, 4.69) is 0 Å². The van der Waals surface area contributed by atoms with Crippen molar-refractivity contribution in [1.29, 1.82) is 0 Å². The molecule has 0 bridgehead atoms. The smallest absolute Gasteiger partial charge is 0.406 e. The van der Waals surface area contributed by atoms with Gasteiger partial charge in [0.1, 0.15) is 17.3 Å². The Morgan fingerprint density at radius 2 is 2.04 bits per heavy atom. The maximum atomic E-state index is 12.7. The van der Waals surface area contributed by atoms with Crippen molar-refractivity contribution in [3.05, 3.63) is 28.2 Å². The second kappa shape index (κ2) is 7.18. The van der Waals surface area contributed by atoms with E-state index in [1.54, 1.807) is 19.1 Å². The molecule has 0 heterocycles. The van der Waals surface area contributed by atoms with Crippen molar-refractivity contribution in [2.75, 3.05) is 13.2 Å². The van der Waals surface area contributed by atoms with Gasteiger partial charge in [-0.15, -0.1) is 0 Å². The van der Waals surface area contributed by atoms with Crippen LogP contribution in [0, 0.1) is 5.92 Å². The van der Waals surface area contributed by atoms with Crippen molar-refractivity contribution in [3.63, 3.8) is 0 Å². The highest BCUT2D eigenvalue weighted by Crippen LogP contribution is 2.36. The van der Waals surface area contributed by atoms with Gasteiger partial charge in [0.2, 0.25) is 0 Å². The summed E-state index contributed by atoms with van der Waals surface area (Å²) in [5.41, 5.74) is 0. The highest BCUT2D eigenvalue weighted by molar-refractivity contribution is 6.42. The van der Waals surface area contributed by atoms with Crippen LogP contribution >= 0.6 is 23.2 Å². The average molecular weight is 370 g/mol. The monoisotopic (exact) mass is 369 g/mol. The van der Waals surface area contributed by atoms with Gasteiger partial charge in [0.15, 0.2) is 6.61 Å². The van der Waals surface area contributed by atoms with Gasteiger partial charge in [0.25, 0.3) is 5.91 Å². The number of amides is 1. The predicted octanol–water partition coefficient (Wildman–Crippen LogP) is 4.56. The first-order valence-electron chi connectivity index (χ1n) is 7.12. The Kier molecular flexibility index (Phi) is 5.68. The average Bonchev–Trinajstić information content (AvgIpc) is 3.29. The lowest BCUT2D eigenvalue weighted by Gasteiger charge is -2.30. The summed E-state index contributed by atoms with van der Waals surface area (Å²) in [4.78, 5) is 13.0. The SMILES string of the molecule is C[C@@H](C1CC1)N(CC(F)(F)F)C(=O)COc1cccc(Cl)c1Cl. The summed E-state index contributed by atoms with van der Waals surface area (Å²) < 4.78 is 43.4. The van der Waals surface area contributed by atoms with Crippen LogP contribution in [0.25, 0.3) is 0 Å². The topological polar surface area (TPSA) is 29.5 Å². The number of rotatable bonds is 6. The second-order valence-corrected chi connectivity index (χ2v) is 6.34. The van der Waals surface area contributed by atoms with Gasteiger partial charge in [-0.25, -0.2) is 0 Å². The van der Waals surface area contributed by atoms with E-state index in [9.17, 15) is 18.0 Å². The zero-order valence-corrected chi connectivity index (χ0v) is 13.9. The van der Waals surface area contributed by atoms with Gasteiger partial charge < -0.3 is 9.64 Å². The van der Waals surface area contributed by atoms with Crippen molar-refractivity contribution in [1.82, 2.24) is 4.90 Å². The first kappa shape index (κ1) is 18.2. The van der Waals surface area contributed by atoms with E-state index in [4.69, 9.17) is 27.9 Å². The number of nitrogens with zero attached hydrogens (tertiary/aromatic N) is 1. The summed E-state index contributed by atoms with van der Waals surface area (Å²) in [6.45, 7) is -0.170. The normalized spacial score (nSPS) is 16.1. The Morgan fingerprint density at radius 1 is 1.39 bits per heavy atom. The highest BCUT2D eigenvalue weighted by Gasteiger charge is 2.40. The molecule has 1 atom stereocenters. The largest absolute Gasteiger partial charge is 0.482 e. The van der Waals surface area contributed by atoms with Crippen LogP contribution in [0.1, 0.15) is 19.8 Å². The minimum Gasteiger partial charge on any atom is -0.482 e. The van der Waals surface area contributed by atoms with Crippen molar-refractivity contribution >= 4 is 29.1 Å². The van der Waals surface area contributed by atoms with Crippen LogP contribution in [-0.2, 0) is 4.79 Å². The zero-order chi connectivity index (χ0) is 17.2. The fourth-order valence-electron chi connectivity index (χ4n) is 2.30. The van der Waals surface area contributed by atoms with Crippen LogP contribution in [0.2, 0.25) is 10.0 Å². The molecule has 0 spiro atoms. The highest BCUT2D eigenvalue weighted by atomic mass is 35.5. The maximum absolute atomic E-state index is 12.7. The molecule has 1 aliphatic carbocycles. The molecule has 8 heteroatoms. The molecule has 1 aromatic rings. The molecule has 0 radical (unpaired) electrons. The van der Waals surface area contributed by atoms with Gasteiger partial charge in [-0.1, -0.05) is 29.3 Å². The molecule has 0 saturated heterocycles. The molecule has 1 fully saturated rings. The maximum Gasteiger partial charge on any atom is 0.406 e. The molecule has 23 heavy (non-hydrogen) atoms. The lowest BCUT2D eigenvalue weighted by atomic mass is 10.2. The first-order valence-corrected chi connectivity index (χ1v) is 7.87. The van der Waals surface area contributed by atoms with E-state index in [0.29, 0.717) is 0 Å². The Morgan fingerprint density at radius 3 is 2.61 bits per heavy atom. The van der Waals surface area contributed by atoms with E-state index in [1.165, 1.54) is 6.07 Å². The van der Waals surface area contributed by atoms with Gasteiger partial charge in [-0.3, -0.25) is 4.79 Å². The van der Waals surface area contributed by atoms with E-state index in [-0.39, 0.29) is 21.7 Å². The Labute approximate surface area is 142 Å². The summed E-state index contributed by atoms with van der Waals surface area (Å²) in [5, 5.41) is 0.370. The van der Waals surface area contributed by atoms with Crippen LogP contribution in [0.5, 0.6) is 5.75 Å². The molecule has 1 aliphatic rings. The Bertz CT molecular complexity index is 576. The van der Waals surface area contributed by atoms with Gasteiger partial charge in [-0.05, 0) is 37.8 Å². The van der Waals surface area contributed by atoms with E-state index < -0.39 is 31.3 Å². The predicted molar refractivity (Wildman–Crippen MR) is 81.9 cm³/mol. The molecule has 0 aromatic heterocycles. The minimum atomic E-state index is -4.45. The number of carbonyl (C=O) groups is 1. The summed E-state index contributed by atoms with van der Waals surface area (Å²) in [6, 6.07) is 4.15. The Balaban J connectivity index is 2.03. The first-order chi connectivity index (χ1) is 10.7. The molecule has 2 rings (SSSR count). The van der Waals surface area contributed by atoms with Crippen LogP contribution in [-0.4, -0.2) is 36.2 Å². The molecule has 1 aromatic carbocycles. The summed E-state index contributed by atoms with van der Waals surface area (Å²) in [5.74, 6) is -0.438. The fourth-order valence-corrected chi connectivity index (χ4v) is 2.65. The van der Waals surface area contributed by atoms with E-state index >= 15 is 0 Å². The van der Waals surface area contributed by atoms with Crippen molar-refractivity contribution in [2.45, 2.75) is 32.0 Å². The van der Waals surface area contributed by atoms with Crippen LogP contribution < -0.4 is 4.74 Å². The minimum absolute atomic E-state index is 0.121. The number of alkyl halides is 3. The molecule has 0 aliphatic heterocycles. The molecule has 1 amide bonds. The van der Waals surface area contributed by atoms with Crippen molar-refractivity contribution in [2.24, 2.45) is 5.92 Å². The number of halogens is 5. The fraction of sp³-hybridized carbons (Fsp3) is 0.533. The van der Waals surface area contributed by atoms with Gasteiger partial charge in [0.05, 0.1) is 5.02 Å². The number of hydrogen-bond donors (Lipinski definition) is 0. The second-order valence-electron chi connectivity index (χ2n) is 5.56. The summed E-state index contributed by atoms with van der Waals surface area (Å²) >= 11 is 11.7. The standard InChI is InChI=1S/C15H16Cl2F3NO2/c1-9(10-5-6-10)21(8-15(18,19)20)13(22)7-23-12-4-2-3-11(16)14(12)17/h2-4,9-10H,5-8H2,1H3/t9-/m0/s1. The van der Waals surface area contributed by atoms with Gasteiger partial charge in [-0.2, -0.15) is 13.2 Å². The molecule has 0 unspecified atom stereocenters. The zero-order valence-electron chi connectivity index (χ0n) is 12.4. The third-order valence-electron chi connectivity index (χ3n) is 3.73. The number of ether oxygens (including phenoxy) is 1. The number of benzene rings is 1. The van der Waals surface area contributed by atoms with E-state index in [1.807, 2.05) is 0 Å². The van der Waals surface area contributed by atoms with Crippen LogP contribution in [0.15, 0.2) is 18.2 Å². The molecule has 1 saturated carbocycles. The Hall–Kier alpha value is -1.14.